The molecular formula is C27H29N3O4S2. The summed E-state index contributed by atoms with van der Waals surface area (Å²) in [5.74, 6) is -1.38. The van der Waals surface area contributed by atoms with Crippen molar-refractivity contribution in [3.63, 3.8) is 0 Å². The highest BCUT2D eigenvalue weighted by Crippen LogP contribution is 2.40. The van der Waals surface area contributed by atoms with Gasteiger partial charge in [-0.2, -0.15) is 0 Å². The van der Waals surface area contributed by atoms with Gasteiger partial charge in [0.05, 0.1) is 44.1 Å². The van der Waals surface area contributed by atoms with Gasteiger partial charge in [0.2, 0.25) is 5.91 Å². The second-order valence-corrected chi connectivity index (χ2v) is 11.9. The van der Waals surface area contributed by atoms with E-state index in [-0.39, 0.29) is 17.4 Å². The van der Waals surface area contributed by atoms with Crippen LogP contribution in [0.25, 0.3) is 10.8 Å². The molecule has 3 aliphatic rings. The van der Waals surface area contributed by atoms with Gasteiger partial charge in [0, 0.05) is 23.5 Å². The van der Waals surface area contributed by atoms with Crippen LogP contribution in [0.1, 0.15) is 12.8 Å². The number of β-lactam (4-membered cyclic amide) rings is 1. The molecule has 2 fully saturated rings. The first-order chi connectivity index (χ1) is 17.3. The van der Waals surface area contributed by atoms with Crippen LogP contribution in [0.2, 0.25) is 0 Å². The van der Waals surface area contributed by atoms with E-state index in [9.17, 15) is 19.5 Å². The Labute approximate surface area is 219 Å². The number of amides is 2. The fourth-order valence-corrected chi connectivity index (χ4v) is 7.19. The van der Waals surface area contributed by atoms with Crippen LogP contribution in [0.15, 0.2) is 70.8 Å². The van der Waals surface area contributed by atoms with E-state index in [1.54, 1.807) is 0 Å². The fraction of sp³-hybridized carbons (Fsp3) is 0.370. The van der Waals surface area contributed by atoms with E-state index >= 15 is 0 Å². The number of aliphatic carboxylic acids is 1. The zero-order chi connectivity index (χ0) is 25.3. The van der Waals surface area contributed by atoms with E-state index in [0.29, 0.717) is 11.3 Å². The third-order valence-corrected chi connectivity index (χ3v) is 9.41. The van der Waals surface area contributed by atoms with Gasteiger partial charge in [0.25, 0.3) is 5.91 Å². The molecule has 188 valence electrons. The summed E-state index contributed by atoms with van der Waals surface area (Å²) in [6.07, 6.45) is 6.27. The van der Waals surface area contributed by atoms with E-state index in [0.717, 1.165) is 39.8 Å². The molecule has 1 N–H and O–H groups in total. The van der Waals surface area contributed by atoms with Crippen LogP contribution in [0.3, 0.4) is 0 Å². The van der Waals surface area contributed by atoms with Crippen molar-refractivity contribution in [2.75, 3.05) is 38.2 Å². The summed E-state index contributed by atoms with van der Waals surface area (Å²) in [6, 6.07) is 13.3. The third kappa shape index (κ3) is 5.05. The van der Waals surface area contributed by atoms with Crippen LogP contribution in [0.4, 0.5) is 0 Å². The van der Waals surface area contributed by atoms with Crippen LogP contribution >= 0.6 is 23.5 Å². The molecule has 0 aliphatic carbocycles. The maximum Gasteiger partial charge on any atom is 0.253 e. The number of carbonyl (C=O) groups is 3. The van der Waals surface area contributed by atoms with Crippen molar-refractivity contribution in [2.24, 2.45) is 0 Å². The maximum atomic E-state index is 12.9. The van der Waals surface area contributed by atoms with Gasteiger partial charge in [-0.25, -0.2) is 0 Å². The molecule has 0 radical (unpaired) electrons. The van der Waals surface area contributed by atoms with Crippen molar-refractivity contribution >= 4 is 52.1 Å². The zero-order valence-corrected chi connectivity index (χ0v) is 21.8. The van der Waals surface area contributed by atoms with Gasteiger partial charge < -0.3 is 19.7 Å². The van der Waals surface area contributed by atoms with Crippen molar-refractivity contribution in [3.8, 4) is 0 Å². The molecule has 0 spiro atoms. The topological polar surface area (TPSA) is 89.5 Å². The molecule has 2 saturated heterocycles. The lowest BCUT2D eigenvalue weighted by Gasteiger charge is -2.50. The number of hydrogen-bond acceptors (Lipinski definition) is 6. The Kier molecular flexibility index (Phi) is 7.14. The lowest BCUT2D eigenvalue weighted by molar-refractivity contribution is -0.891. The van der Waals surface area contributed by atoms with Gasteiger partial charge in [0.15, 0.2) is 0 Å². The number of thioether (sulfide) groups is 2. The molecule has 2 aromatic carbocycles. The highest BCUT2D eigenvalue weighted by Gasteiger charge is 2.52. The molecule has 2 atom stereocenters. The standard InChI is InChI=1S/C27H29N3O4S2/c1-30(12-4-5-13-30)14-6-9-20-16-36-26-23(25(32)29(26)24(20)27(33)34)28-22(31)17-35-21-11-10-18-7-2-3-8-19(18)15-21/h2-3,6-11,15,23,26H,4-5,12-14,16-17H2,1H3,(H-,28,31,33,34). The molecule has 5 rings (SSSR count). The summed E-state index contributed by atoms with van der Waals surface area (Å²) in [7, 11) is 2.21. The van der Waals surface area contributed by atoms with Crippen LogP contribution in [0.5, 0.6) is 0 Å². The number of allylic oxidation sites excluding steroid dienone is 1. The number of likely N-dealkylation sites (tertiary alicyclic amines) is 1. The number of carbonyl (C=O) groups excluding carboxylic acids is 3. The number of benzene rings is 2. The summed E-state index contributed by atoms with van der Waals surface area (Å²) in [5.41, 5.74) is 0.521. The highest BCUT2D eigenvalue weighted by molar-refractivity contribution is 8.00. The largest absolute Gasteiger partial charge is 0.543 e. The molecule has 36 heavy (non-hydrogen) atoms. The Bertz CT molecular complexity index is 1270. The minimum Gasteiger partial charge on any atom is -0.543 e. The predicted octanol–water partition coefficient (Wildman–Crippen LogP) is 2.13. The number of quaternary nitrogens is 1. The minimum absolute atomic E-state index is 0.0693. The number of carboxylic acids is 1. The number of nitrogens with zero attached hydrogens (tertiary/aromatic N) is 2. The van der Waals surface area contributed by atoms with Crippen molar-refractivity contribution in [1.82, 2.24) is 10.2 Å². The van der Waals surface area contributed by atoms with E-state index in [1.165, 1.54) is 41.3 Å². The molecule has 0 bridgehead atoms. The molecule has 3 heterocycles. The predicted molar refractivity (Wildman–Crippen MR) is 141 cm³/mol. The van der Waals surface area contributed by atoms with Gasteiger partial charge in [-0.05, 0) is 34.6 Å². The van der Waals surface area contributed by atoms with Crippen molar-refractivity contribution in [3.05, 3.63) is 65.9 Å². The molecule has 7 nitrogen and oxygen atoms in total. The number of hydrogen-bond donors (Lipinski definition) is 1. The summed E-state index contributed by atoms with van der Waals surface area (Å²) in [4.78, 5) is 39.7. The fourth-order valence-electron chi connectivity index (χ4n) is 5.11. The van der Waals surface area contributed by atoms with Gasteiger partial charge >= 0.3 is 0 Å². The van der Waals surface area contributed by atoms with Gasteiger partial charge in [-0.1, -0.05) is 36.4 Å². The van der Waals surface area contributed by atoms with Crippen LogP contribution < -0.4 is 10.4 Å². The number of rotatable bonds is 8. The normalized spacial score (nSPS) is 23.1. The van der Waals surface area contributed by atoms with E-state index in [1.807, 2.05) is 54.6 Å². The Morgan fingerprint density at radius 2 is 1.94 bits per heavy atom. The quantitative estimate of drug-likeness (QED) is 0.324. The second-order valence-electron chi connectivity index (χ2n) is 9.77. The number of likely N-dealkylation sites (N-methyl/N-ethyl adjacent to an activating group) is 1. The summed E-state index contributed by atoms with van der Waals surface area (Å²) in [5, 5.41) is 16.6. The molecular weight excluding hydrogens is 494 g/mol. The number of carboxylic acid groups (broad SMARTS) is 1. The maximum absolute atomic E-state index is 12.9. The summed E-state index contributed by atoms with van der Waals surface area (Å²) < 4.78 is 0.953. The van der Waals surface area contributed by atoms with Crippen molar-refractivity contribution < 1.29 is 24.0 Å². The van der Waals surface area contributed by atoms with E-state index in [2.05, 4.69) is 12.4 Å². The average Bonchev–Trinajstić information content (AvgIpc) is 3.31. The molecule has 2 amide bonds. The lowest BCUT2D eigenvalue weighted by atomic mass is 10.0. The lowest BCUT2D eigenvalue weighted by Crippen LogP contribution is -2.71. The minimum atomic E-state index is -1.36. The molecule has 2 unspecified atom stereocenters. The Hall–Kier alpha value is -2.75. The van der Waals surface area contributed by atoms with Crippen molar-refractivity contribution in [2.45, 2.75) is 29.2 Å². The first-order valence-corrected chi connectivity index (χ1v) is 14.2. The zero-order valence-electron chi connectivity index (χ0n) is 20.1. The molecule has 0 saturated carbocycles. The van der Waals surface area contributed by atoms with Crippen LogP contribution in [-0.2, 0) is 14.4 Å². The van der Waals surface area contributed by atoms with E-state index in [4.69, 9.17) is 0 Å². The Morgan fingerprint density at radius 3 is 2.69 bits per heavy atom. The number of fused-ring (bicyclic) bond motifs is 2. The van der Waals surface area contributed by atoms with Crippen LogP contribution in [-0.4, -0.2) is 76.8 Å². The molecule has 2 aromatic rings. The average molecular weight is 524 g/mol. The first kappa shape index (κ1) is 24.9. The molecule has 0 aromatic heterocycles. The van der Waals surface area contributed by atoms with Gasteiger partial charge in [-0.3, -0.25) is 14.5 Å². The molecule has 3 aliphatic heterocycles. The SMILES string of the molecule is C[N+]1(CC=CC2=C(C(=O)[O-])N3C(=O)C(NC(=O)CSc4ccc5ccccc5c4)C3SC2)CCCC1. The number of nitrogens with one attached hydrogen (secondary N) is 1. The smallest absolute Gasteiger partial charge is 0.253 e. The monoisotopic (exact) mass is 523 g/mol. The Morgan fingerprint density at radius 1 is 1.19 bits per heavy atom. The second kappa shape index (κ2) is 10.3. The van der Waals surface area contributed by atoms with Gasteiger partial charge in [0.1, 0.15) is 11.4 Å². The van der Waals surface area contributed by atoms with Crippen molar-refractivity contribution in [1.29, 1.82) is 0 Å². The first-order valence-electron chi connectivity index (χ1n) is 12.1. The third-order valence-electron chi connectivity index (χ3n) is 7.11. The van der Waals surface area contributed by atoms with E-state index < -0.39 is 23.3 Å². The summed E-state index contributed by atoms with van der Waals surface area (Å²) in [6.45, 7) is 3.08. The molecule has 9 heteroatoms. The Balaban J connectivity index is 1.20. The highest BCUT2D eigenvalue weighted by atomic mass is 32.2. The van der Waals surface area contributed by atoms with Gasteiger partial charge in [-0.15, -0.1) is 23.5 Å². The van der Waals surface area contributed by atoms with Crippen LogP contribution in [0, 0.1) is 0 Å². The summed E-state index contributed by atoms with van der Waals surface area (Å²) >= 11 is 2.88.